The summed E-state index contributed by atoms with van der Waals surface area (Å²) in [5, 5.41) is 6.04. The molecule has 5 heteroatoms. The lowest BCUT2D eigenvalue weighted by atomic mass is 10.0. The number of benzene rings is 1. The van der Waals surface area contributed by atoms with Crippen LogP contribution in [0.1, 0.15) is 37.1 Å². The van der Waals surface area contributed by atoms with Gasteiger partial charge in [-0.3, -0.25) is 4.79 Å². The number of ether oxygens (including phenoxy) is 1. The summed E-state index contributed by atoms with van der Waals surface area (Å²) in [6.07, 6.45) is 2.66. The monoisotopic (exact) mass is 298 g/mol. The highest BCUT2D eigenvalue weighted by Crippen LogP contribution is 2.34. The molecule has 114 valence electrons. The van der Waals surface area contributed by atoms with Crippen molar-refractivity contribution < 1.29 is 13.9 Å². The molecule has 0 unspecified atom stereocenters. The third-order valence-electron chi connectivity index (χ3n) is 3.75. The molecule has 1 amide bonds. The number of methoxy groups -OCH3 is 1. The molecule has 0 spiro atoms. The average Bonchev–Trinajstić information content (AvgIpc) is 3.23. The average molecular weight is 298 g/mol. The zero-order valence-corrected chi connectivity index (χ0v) is 12.7. The molecule has 3 rings (SSSR count). The summed E-state index contributed by atoms with van der Waals surface area (Å²) in [5.41, 5.74) is 1.80. The van der Waals surface area contributed by atoms with Crippen molar-refractivity contribution >= 4 is 11.6 Å². The highest BCUT2D eigenvalue weighted by Gasteiger charge is 2.33. The largest absolute Gasteiger partial charge is 0.497 e. The van der Waals surface area contributed by atoms with E-state index in [1.54, 1.807) is 18.4 Å². The summed E-state index contributed by atoms with van der Waals surface area (Å²) in [7, 11) is 1.63. The van der Waals surface area contributed by atoms with Crippen LogP contribution in [0.25, 0.3) is 0 Å². The zero-order valence-electron chi connectivity index (χ0n) is 12.7. The molecule has 1 aliphatic heterocycles. The minimum atomic E-state index is -0.123. The number of hydrazone groups is 1. The van der Waals surface area contributed by atoms with Gasteiger partial charge in [0.1, 0.15) is 17.2 Å². The van der Waals surface area contributed by atoms with Crippen molar-refractivity contribution in [2.45, 2.75) is 25.8 Å². The van der Waals surface area contributed by atoms with Crippen LogP contribution in [0.3, 0.4) is 0 Å². The van der Waals surface area contributed by atoms with E-state index in [-0.39, 0.29) is 11.9 Å². The normalized spacial score (nSPS) is 17.5. The molecule has 0 bridgehead atoms. The Labute approximate surface area is 129 Å². The lowest BCUT2D eigenvalue weighted by Gasteiger charge is -2.21. The Morgan fingerprint density at radius 1 is 1.41 bits per heavy atom. The molecule has 0 radical (unpaired) electrons. The van der Waals surface area contributed by atoms with Crippen LogP contribution < -0.4 is 4.74 Å². The van der Waals surface area contributed by atoms with E-state index < -0.39 is 0 Å². The number of nitrogens with zero attached hydrogens (tertiary/aromatic N) is 2. The summed E-state index contributed by atoms with van der Waals surface area (Å²) in [6, 6.07) is 11.3. The van der Waals surface area contributed by atoms with Gasteiger partial charge in [-0.2, -0.15) is 5.10 Å². The molecule has 0 saturated heterocycles. The van der Waals surface area contributed by atoms with Crippen molar-refractivity contribution in [3.63, 3.8) is 0 Å². The lowest BCUT2D eigenvalue weighted by Crippen LogP contribution is -2.26. The summed E-state index contributed by atoms with van der Waals surface area (Å²) in [4.78, 5) is 12.2. The Kier molecular flexibility index (Phi) is 3.96. The van der Waals surface area contributed by atoms with Gasteiger partial charge in [-0.25, -0.2) is 5.01 Å². The molecule has 1 aromatic carbocycles. The van der Waals surface area contributed by atoms with Gasteiger partial charge in [-0.1, -0.05) is 19.1 Å². The van der Waals surface area contributed by atoms with Gasteiger partial charge >= 0.3 is 0 Å². The van der Waals surface area contributed by atoms with Crippen LogP contribution in [-0.2, 0) is 4.79 Å². The van der Waals surface area contributed by atoms with E-state index in [0.717, 1.165) is 17.0 Å². The van der Waals surface area contributed by atoms with E-state index in [1.807, 2.05) is 43.3 Å². The predicted octanol–water partition coefficient (Wildman–Crippen LogP) is 3.38. The van der Waals surface area contributed by atoms with E-state index in [1.165, 1.54) is 0 Å². The fourth-order valence-electron chi connectivity index (χ4n) is 2.60. The molecule has 5 nitrogen and oxygen atoms in total. The molecule has 1 aromatic heterocycles. The highest BCUT2D eigenvalue weighted by atomic mass is 16.5. The van der Waals surface area contributed by atoms with Gasteiger partial charge in [0.15, 0.2) is 0 Å². The number of hydrogen-bond acceptors (Lipinski definition) is 4. The Bertz CT molecular complexity index is 692. The van der Waals surface area contributed by atoms with Crippen molar-refractivity contribution in [3.8, 4) is 5.75 Å². The highest BCUT2D eigenvalue weighted by molar-refractivity contribution is 6.01. The number of carbonyl (C=O) groups is 1. The standard InChI is InChI=1S/C17H18N2O3/c1-3-17(20)19-15(12-6-4-7-13(10-12)21-2)11-14(18-19)16-8-5-9-22-16/h4-10,15H,3,11H2,1-2H3/t15-/m1/s1. The van der Waals surface area contributed by atoms with Crippen LogP contribution in [0, 0.1) is 0 Å². The second-order valence-electron chi connectivity index (χ2n) is 5.11. The van der Waals surface area contributed by atoms with Crippen LogP contribution in [0.2, 0.25) is 0 Å². The number of carbonyl (C=O) groups excluding carboxylic acids is 1. The van der Waals surface area contributed by atoms with E-state index in [9.17, 15) is 4.79 Å². The molecular weight excluding hydrogens is 280 g/mol. The molecule has 0 saturated carbocycles. The van der Waals surface area contributed by atoms with Crippen LogP contribution >= 0.6 is 0 Å². The van der Waals surface area contributed by atoms with Gasteiger partial charge in [-0.05, 0) is 29.8 Å². The van der Waals surface area contributed by atoms with Gasteiger partial charge in [-0.15, -0.1) is 0 Å². The van der Waals surface area contributed by atoms with Crippen molar-refractivity contribution in [2.24, 2.45) is 5.10 Å². The summed E-state index contributed by atoms with van der Waals surface area (Å²) in [5.74, 6) is 1.47. The first-order chi connectivity index (χ1) is 10.7. The predicted molar refractivity (Wildman–Crippen MR) is 82.7 cm³/mol. The first kappa shape index (κ1) is 14.4. The molecule has 0 aliphatic carbocycles. The maximum Gasteiger partial charge on any atom is 0.242 e. The van der Waals surface area contributed by atoms with Crippen LogP contribution in [0.15, 0.2) is 52.2 Å². The van der Waals surface area contributed by atoms with Crippen molar-refractivity contribution in [3.05, 3.63) is 54.0 Å². The number of furan rings is 1. The molecule has 22 heavy (non-hydrogen) atoms. The minimum Gasteiger partial charge on any atom is -0.497 e. The summed E-state index contributed by atoms with van der Waals surface area (Å²) < 4.78 is 10.7. The van der Waals surface area contributed by atoms with E-state index >= 15 is 0 Å². The van der Waals surface area contributed by atoms with Gasteiger partial charge in [0.2, 0.25) is 5.91 Å². The van der Waals surface area contributed by atoms with E-state index in [0.29, 0.717) is 18.6 Å². The molecular formula is C17H18N2O3. The molecule has 2 aromatic rings. The maximum absolute atomic E-state index is 12.2. The Hall–Kier alpha value is -2.56. The van der Waals surface area contributed by atoms with E-state index in [2.05, 4.69) is 5.10 Å². The van der Waals surface area contributed by atoms with Crippen molar-refractivity contribution in [1.29, 1.82) is 0 Å². The molecule has 0 N–H and O–H groups in total. The van der Waals surface area contributed by atoms with Gasteiger partial charge in [0.25, 0.3) is 0 Å². The first-order valence-corrected chi connectivity index (χ1v) is 7.30. The summed E-state index contributed by atoms with van der Waals surface area (Å²) in [6.45, 7) is 1.84. The molecule has 0 fully saturated rings. The third kappa shape index (κ3) is 2.62. The Balaban J connectivity index is 1.94. The molecule has 2 heterocycles. The van der Waals surface area contributed by atoms with Crippen molar-refractivity contribution in [1.82, 2.24) is 5.01 Å². The smallest absolute Gasteiger partial charge is 0.242 e. The van der Waals surface area contributed by atoms with Gasteiger partial charge < -0.3 is 9.15 Å². The fourth-order valence-corrected chi connectivity index (χ4v) is 2.60. The summed E-state index contributed by atoms with van der Waals surface area (Å²) >= 11 is 0. The fraction of sp³-hybridized carbons (Fsp3) is 0.294. The van der Waals surface area contributed by atoms with Gasteiger partial charge in [0, 0.05) is 12.8 Å². The number of hydrogen-bond donors (Lipinski definition) is 0. The second-order valence-corrected chi connectivity index (χ2v) is 5.11. The zero-order chi connectivity index (χ0) is 15.5. The topological polar surface area (TPSA) is 55.0 Å². The SMILES string of the molecule is CCC(=O)N1N=C(c2ccco2)C[C@@H]1c1cccc(OC)c1. The second kappa shape index (κ2) is 6.05. The lowest BCUT2D eigenvalue weighted by molar-refractivity contribution is -0.132. The Morgan fingerprint density at radius 2 is 2.27 bits per heavy atom. The maximum atomic E-state index is 12.2. The van der Waals surface area contributed by atoms with Crippen molar-refractivity contribution in [2.75, 3.05) is 7.11 Å². The van der Waals surface area contributed by atoms with E-state index in [4.69, 9.17) is 9.15 Å². The Morgan fingerprint density at radius 3 is 2.95 bits per heavy atom. The molecule has 1 aliphatic rings. The van der Waals surface area contributed by atoms with Gasteiger partial charge in [0.05, 0.1) is 19.4 Å². The minimum absolute atomic E-state index is 0.00521. The first-order valence-electron chi connectivity index (χ1n) is 7.30. The quantitative estimate of drug-likeness (QED) is 0.869. The van der Waals surface area contributed by atoms with Crippen LogP contribution in [0.4, 0.5) is 0 Å². The third-order valence-corrected chi connectivity index (χ3v) is 3.75. The number of amides is 1. The number of rotatable bonds is 4. The van der Waals surface area contributed by atoms with Crippen LogP contribution in [-0.4, -0.2) is 23.7 Å². The van der Waals surface area contributed by atoms with Crippen LogP contribution in [0.5, 0.6) is 5.75 Å². The molecule has 1 atom stereocenters.